The predicted octanol–water partition coefficient (Wildman–Crippen LogP) is 8.08. The van der Waals surface area contributed by atoms with Gasteiger partial charge in [0.15, 0.2) is 0 Å². The molecule has 0 spiro atoms. The Hall–Kier alpha value is -2.66. The molecule has 0 saturated carbocycles. The minimum absolute atomic E-state index is 0.127. The van der Waals surface area contributed by atoms with Crippen LogP contribution < -0.4 is 5.56 Å². The van der Waals surface area contributed by atoms with Crippen LogP contribution in [-0.4, -0.2) is 28.1 Å². The summed E-state index contributed by atoms with van der Waals surface area (Å²) in [6, 6.07) is 19.4. The molecule has 0 N–H and O–H groups in total. The fraction of sp³-hybridized carbons (Fsp3) is 0.300. The first-order valence-corrected chi connectivity index (χ1v) is 13.0. The van der Waals surface area contributed by atoms with E-state index in [0.717, 1.165) is 48.0 Å². The molecular weight excluding hydrogens is 494 g/mol. The van der Waals surface area contributed by atoms with Crippen molar-refractivity contribution in [2.45, 2.75) is 45.1 Å². The van der Waals surface area contributed by atoms with Crippen LogP contribution in [0.3, 0.4) is 0 Å². The van der Waals surface area contributed by atoms with Gasteiger partial charge in [-0.25, -0.2) is 4.39 Å². The molecule has 5 rings (SSSR count). The van der Waals surface area contributed by atoms with Crippen molar-refractivity contribution in [3.8, 4) is 16.8 Å². The van der Waals surface area contributed by atoms with Crippen LogP contribution in [0.1, 0.15) is 45.1 Å². The molecule has 1 saturated heterocycles. The Morgan fingerprint density at radius 1 is 0.889 bits per heavy atom. The van der Waals surface area contributed by atoms with Gasteiger partial charge in [-0.3, -0.25) is 14.3 Å². The number of aromatic nitrogens is 1. The Balaban J connectivity index is 1.75. The zero-order valence-corrected chi connectivity index (χ0v) is 22.2. The lowest BCUT2D eigenvalue weighted by Gasteiger charge is -2.41. The van der Waals surface area contributed by atoms with E-state index >= 15 is 0 Å². The van der Waals surface area contributed by atoms with Crippen molar-refractivity contribution in [2.24, 2.45) is 0 Å². The Morgan fingerprint density at radius 2 is 1.56 bits per heavy atom. The molecule has 0 amide bonds. The summed E-state index contributed by atoms with van der Waals surface area (Å²) in [5.74, 6) is 0.0257. The van der Waals surface area contributed by atoms with Crippen LogP contribution in [0.4, 0.5) is 4.39 Å². The second-order valence-electron chi connectivity index (χ2n) is 10.5. The van der Waals surface area contributed by atoms with Gasteiger partial charge in [0.25, 0.3) is 5.56 Å². The molecule has 1 fully saturated rings. The number of hydrogen-bond acceptors (Lipinski definition) is 2. The number of rotatable bonds is 3. The lowest BCUT2D eigenvalue weighted by Crippen LogP contribution is -2.45. The zero-order valence-electron chi connectivity index (χ0n) is 20.7. The summed E-state index contributed by atoms with van der Waals surface area (Å²) in [6.07, 6.45) is 2.02. The maximum absolute atomic E-state index is 14.3. The molecule has 1 aliphatic rings. The normalized spacial score (nSPS) is 15.5. The third-order valence-corrected chi connectivity index (χ3v) is 7.86. The number of piperidine rings is 1. The number of halogens is 3. The summed E-state index contributed by atoms with van der Waals surface area (Å²) in [5, 5.41) is 1.63. The standard InChI is InChI=1S/C30H29Cl2FN2O/c1-30(2,3)34-14-12-19(13-15-34)21-17-24(20-6-4-7-22(33)16-20)23-10-11-28(36)35(27(23)18-21)29-25(31)8-5-9-26(29)32/h4-11,16-19H,12-15H2,1-3H3. The zero-order chi connectivity index (χ0) is 25.6. The predicted molar refractivity (Wildman–Crippen MR) is 148 cm³/mol. The smallest absolute Gasteiger partial charge is 0.255 e. The quantitative estimate of drug-likeness (QED) is 0.271. The van der Waals surface area contributed by atoms with E-state index in [2.05, 4.69) is 37.8 Å². The Kier molecular flexibility index (Phi) is 6.71. The SMILES string of the molecule is CC(C)(C)N1CCC(c2cc(-c3cccc(F)c3)c3ccc(=O)n(-c4c(Cl)cccc4Cl)c3c2)CC1. The van der Waals surface area contributed by atoms with E-state index in [1.54, 1.807) is 34.9 Å². The molecule has 6 heteroatoms. The second-order valence-corrected chi connectivity index (χ2v) is 11.3. The summed E-state index contributed by atoms with van der Waals surface area (Å²) in [4.78, 5) is 15.8. The summed E-state index contributed by atoms with van der Waals surface area (Å²) in [7, 11) is 0. The van der Waals surface area contributed by atoms with E-state index in [0.29, 0.717) is 27.2 Å². The van der Waals surface area contributed by atoms with Gasteiger partial charge in [-0.2, -0.15) is 0 Å². The second kappa shape index (κ2) is 9.66. The van der Waals surface area contributed by atoms with E-state index in [-0.39, 0.29) is 16.9 Å². The summed E-state index contributed by atoms with van der Waals surface area (Å²) in [5.41, 5.74) is 3.87. The van der Waals surface area contributed by atoms with Crippen LogP contribution in [-0.2, 0) is 0 Å². The molecule has 36 heavy (non-hydrogen) atoms. The van der Waals surface area contributed by atoms with Crippen LogP contribution in [0, 0.1) is 5.82 Å². The Morgan fingerprint density at radius 3 is 2.19 bits per heavy atom. The van der Waals surface area contributed by atoms with Gasteiger partial charge in [0.05, 0.1) is 21.2 Å². The average Bonchev–Trinajstić information content (AvgIpc) is 2.84. The van der Waals surface area contributed by atoms with Crippen LogP contribution in [0.15, 0.2) is 71.5 Å². The molecule has 0 unspecified atom stereocenters. The number of benzene rings is 3. The van der Waals surface area contributed by atoms with E-state index in [9.17, 15) is 9.18 Å². The minimum atomic E-state index is -0.299. The van der Waals surface area contributed by atoms with E-state index in [1.807, 2.05) is 12.1 Å². The molecule has 1 aliphatic heterocycles. The van der Waals surface area contributed by atoms with Gasteiger partial charge in [-0.05, 0) is 106 Å². The van der Waals surface area contributed by atoms with Gasteiger partial charge < -0.3 is 0 Å². The minimum Gasteiger partial charge on any atom is -0.298 e. The summed E-state index contributed by atoms with van der Waals surface area (Å²) < 4.78 is 15.9. The van der Waals surface area contributed by atoms with Crippen LogP contribution >= 0.6 is 23.2 Å². The molecule has 0 aliphatic carbocycles. The first-order chi connectivity index (χ1) is 17.1. The fourth-order valence-electron chi connectivity index (χ4n) is 5.32. The number of para-hydroxylation sites is 1. The van der Waals surface area contributed by atoms with Gasteiger partial charge in [0.2, 0.25) is 0 Å². The first kappa shape index (κ1) is 25.0. The van der Waals surface area contributed by atoms with Crippen LogP contribution in [0.2, 0.25) is 10.0 Å². The van der Waals surface area contributed by atoms with Crippen molar-refractivity contribution >= 4 is 34.1 Å². The van der Waals surface area contributed by atoms with Gasteiger partial charge in [0, 0.05) is 17.0 Å². The van der Waals surface area contributed by atoms with Gasteiger partial charge in [0.1, 0.15) is 5.82 Å². The molecule has 2 heterocycles. The fourth-order valence-corrected chi connectivity index (χ4v) is 5.88. The number of hydrogen-bond donors (Lipinski definition) is 0. The molecule has 4 aromatic rings. The number of pyridine rings is 1. The highest BCUT2D eigenvalue weighted by Crippen LogP contribution is 2.38. The molecule has 1 aromatic heterocycles. The molecule has 186 valence electrons. The molecule has 0 bridgehead atoms. The van der Waals surface area contributed by atoms with E-state index in [4.69, 9.17) is 23.2 Å². The Labute approximate surface area is 221 Å². The lowest BCUT2D eigenvalue weighted by atomic mass is 9.85. The van der Waals surface area contributed by atoms with Crippen molar-refractivity contribution in [2.75, 3.05) is 13.1 Å². The van der Waals surface area contributed by atoms with Gasteiger partial charge in [-0.1, -0.05) is 47.5 Å². The monoisotopic (exact) mass is 522 g/mol. The van der Waals surface area contributed by atoms with Gasteiger partial charge >= 0.3 is 0 Å². The van der Waals surface area contributed by atoms with Crippen molar-refractivity contribution in [3.05, 3.63) is 98.5 Å². The maximum Gasteiger partial charge on any atom is 0.255 e. The Bertz CT molecular complexity index is 1480. The molecule has 3 nitrogen and oxygen atoms in total. The highest BCUT2D eigenvalue weighted by atomic mass is 35.5. The van der Waals surface area contributed by atoms with Crippen molar-refractivity contribution in [1.29, 1.82) is 0 Å². The maximum atomic E-state index is 14.3. The molecule has 0 atom stereocenters. The number of fused-ring (bicyclic) bond motifs is 1. The number of nitrogens with zero attached hydrogens (tertiary/aromatic N) is 2. The summed E-state index contributed by atoms with van der Waals surface area (Å²) in [6.45, 7) is 8.74. The van der Waals surface area contributed by atoms with Crippen LogP contribution in [0.5, 0.6) is 0 Å². The average molecular weight is 523 g/mol. The molecular formula is C30H29Cl2FN2O. The third-order valence-electron chi connectivity index (χ3n) is 7.25. The molecule has 3 aromatic carbocycles. The topological polar surface area (TPSA) is 25.2 Å². The third kappa shape index (κ3) is 4.70. The van der Waals surface area contributed by atoms with Gasteiger partial charge in [-0.15, -0.1) is 0 Å². The highest BCUT2D eigenvalue weighted by molar-refractivity contribution is 6.37. The van der Waals surface area contributed by atoms with Crippen molar-refractivity contribution in [1.82, 2.24) is 9.47 Å². The van der Waals surface area contributed by atoms with Crippen molar-refractivity contribution < 1.29 is 4.39 Å². The lowest BCUT2D eigenvalue weighted by molar-refractivity contribution is 0.102. The van der Waals surface area contributed by atoms with Crippen molar-refractivity contribution in [3.63, 3.8) is 0 Å². The summed E-state index contributed by atoms with van der Waals surface area (Å²) >= 11 is 13.1. The van der Waals surface area contributed by atoms with E-state index in [1.165, 1.54) is 12.1 Å². The van der Waals surface area contributed by atoms with E-state index < -0.39 is 0 Å². The van der Waals surface area contributed by atoms with Crippen LogP contribution in [0.25, 0.3) is 27.7 Å². The number of likely N-dealkylation sites (tertiary alicyclic amines) is 1. The molecule has 0 radical (unpaired) electrons. The largest absolute Gasteiger partial charge is 0.298 e. The first-order valence-electron chi connectivity index (χ1n) is 12.3. The highest BCUT2D eigenvalue weighted by Gasteiger charge is 2.28.